The summed E-state index contributed by atoms with van der Waals surface area (Å²) in [6, 6.07) is 0.699. The van der Waals surface area contributed by atoms with Crippen LogP contribution in [-0.2, 0) is 9.53 Å². The van der Waals surface area contributed by atoms with E-state index < -0.39 is 0 Å². The molecule has 0 aromatic rings. The average Bonchev–Trinajstić information content (AvgIpc) is 2.42. The minimum Gasteiger partial charge on any atom is -0.378 e. The lowest BCUT2D eigenvalue weighted by atomic mass is 9.93. The van der Waals surface area contributed by atoms with Crippen LogP contribution in [0, 0.1) is 0 Å². The quantitative estimate of drug-likeness (QED) is 0.861. The van der Waals surface area contributed by atoms with Gasteiger partial charge in [0.1, 0.15) is 0 Å². The molecule has 1 saturated heterocycles. The molecule has 4 nitrogen and oxygen atoms in total. The van der Waals surface area contributed by atoms with Crippen molar-refractivity contribution in [2.75, 3.05) is 26.3 Å². The number of rotatable bonds is 4. The molecule has 1 atom stereocenters. The Kier molecular flexibility index (Phi) is 7.73. The van der Waals surface area contributed by atoms with Crippen LogP contribution in [0.3, 0.4) is 0 Å². The number of carbonyl (C=O) groups is 1. The van der Waals surface area contributed by atoms with Crippen molar-refractivity contribution < 1.29 is 9.53 Å². The van der Waals surface area contributed by atoms with Crippen LogP contribution in [0.2, 0.25) is 0 Å². The number of hydrogen-bond acceptors (Lipinski definition) is 3. The molecule has 0 spiro atoms. The molecular formula is C14H27ClN2O2. The highest BCUT2D eigenvalue weighted by Crippen LogP contribution is 2.23. The Labute approximate surface area is 122 Å². The first-order chi connectivity index (χ1) is 8.81. The van der Waals surface area contributed by atoms with Gasteiger partial charge in [-0.05, 0) is 19.8 Å². The van der Waals surface area contributed by atoms with Gasteiger partial charge < -0.3 is 15.0 Å². The number of ether oxygens (including phenoxy) is 1. The van der Waals surface area contributed by atoms with Crippen molar-refractivity contribution in [1.82, 2.24) is 10.2 Å². The summed E-state index contributed by atoms with van der Waals surface area (Å²) in [7, 11) is 0. The average molecular weight is 291 g/mol. The minimum absolute atomic E-state index is 0. The molecule has 1 aliphatic carbocycles. The zero-order chi connectivity index (χ0) is 12.8. The monoisotopic (exact) mass is 290 g/mol. The number of nitrogens with one attached hydrogen (secondary N) is 1. The van der Waals surface area contributed by atoms with E-state index in [1.54, 1.807) is 0 Å². The summed E-state index contributed by atoms with van der Waals surface area (Å²) < 4.78 is 5.41. The third-order valence-corrected chi connectivity index (χ3v) is 4.10. The van der Waals surface area contributed by atoms with Gasteiger partial charge in [-0.2, -0.15) is 0 Å². The van der Waals surface area contributed by atoms with Crippen LogP contribution in [0.5, 0.6) is 0 Å². The summed E-state index contributed by atoms with van der Waals surface area (Å²) in [4.78, 5) is 14.5. The molecule has 19 heavy (non-hydrogen) atoms. The molecule has 1 amide bonds. The molecule has 2 rings (SSSR count). The Morgan fingerprint density at radius 2 is 2.05 bits per heavy atom. The van der Waals surface area contributed by atoms with Crippen LogP contribution in [0.1, 0.15) is 45.4 Å². The molecule has 1 aliphatic heterocycles. The summed E-state index contributed by atoms with van der Waals surface area (Å²) in [5.74, 6) is 0.299. The van der Waals surface area contributed by atoms with E-state index in [1.807, 2.05) is 0 Å². The molecule has 2 fully saturated rings. The molecule has 1 heterocycles. The van der Waals surface area contributed by atoms with E-state index in [0.29, 0.717) is 25.0 Å². The van der Waals surface area contributed by atoms with Gasteiger partial charge in [-0.25, -0.2) is 0 Å². The van der Waals surface area contributed by atoms with Gasteiger partial charge in [0.2, 0.25) is 5.91 Å². The van der Waals surface area contributed by atoms with Gasteiger partial charge in [0, 0.05) is 31.6 Å². The van der Waals surface area contributed by atoms with Crippen molar-refractivity contribution in [2.24, 2.45) is 0 Å². The van der Waals surface area contributed by atoms with Gasteiger partial charge in [0.25, 0.3) is 0 Å². The SMILES string of the molecule is CCN(C(=O)CC1COCCN1)C1CCCCC1.Cl. The molecule has 1 unspecified atom stereocenters. The molecular weight excluding hydrogens is 264 g/mol. The fraction of sp³-hybridized carbons (Fsp3) is 0.929. The highest BCUT2D eigenvalue weighted by Gasteiger charge is 2.26. The molecule has 0 radical (unpaired) electrons. The number of hydrogen-bond donors (Lipinski definition) is 1. The first-order valence-corrected chi connectivity index (χ1v) is 7.42. The predicted molar refractivity (Wildman–Crippen MR) is 78.7 cm³/mol. The summed E-state index contributed by atoms with van der Waals surface area (Å²) in [5.41, 5.74) is 0. The van der Waals surface area contributed by atoms with Crippen LogP contribution >= 0.6 is 12.4 Å². The van der Waals surface area contributed by atoms with Crippen molar-refractivity contribution in [1.29, 1.82) is 0 Å². The summed E-state index contributed by atoms with van der Waals surface area (Å²) in [5, 5.41) is 3.36. The second-order valence-corrected chi connectivity index (χ2v) is 5.40. The normalized spacial score (nSPS) is 24.6. The molecule has 0 aromatic heterocycles. The van der Waals surface area contributed by atoms with E-state index in [4.69, 9.17) is 4.74 Å². The van der Waals surface area contributed by atoms with E-state index in [-0.39, 0.29) is 18.4 Å². The third-order valence-electron chi connectivity index (χ3n) is 4.10. The van der Waals surface area contributed by atoms with Crippen LogP contribution in [0.15, 0.2) is 0 Å². The lowest BCUT2D eigenvalue weighted by molar-refractivity contribution is -0.135. The summed E-state index contributed by atoms with van der Waals surface area (Å²) in [6.07, 6.45) is 6.85. The third kappa shape index (κ3) is 4.93. The predicted octanol–water partition coefficient (Wildman–Crippen LogP) is 1.97. The first-order valence-electron chi connectivity index (χ1n) is 7.42. The van der Waals surface area contributed by atoms with Crippen LogP contribution in [-0.4, -0.2) is 49.2 Å². The van der Waals surface area contributed by atoms with Crippen molar-refractivity contribution in [3.05, 3.63) is 0 Å². The van der Waals surface area contributed by atoms with Crippen molar-refractivity contribution >= 4 is 18.3 Å². The molecule has 5 heteroatoms. The maximum atomic E-state index is 12.4. The Balaban J connectivity index is 0.00000180. The van der Waals surface area contributed by atoms with Gasteiger partial charge in [0.15, 0.2) is 0 Å². The number of carbonyl (C=O) groups excluding carboxylic acids is 1. The molecule has 0 bridgehead atoms. The van der Waals surface area contributed by atoms with Crippen molar-refractivity contribution in [3.63, 3.8) is 0 Å². The number of morpholine rings is 1. The fourth-order valence-electron chi connectivity index (χ4n) is 3.11. The summed E-state index contributed by atoms with van der Waals surface area (Å²) in [6.45, 7) is 5.25. The molecule has 1 N–H and O–H groups in total. The lowest BCUT2D eigenvalue weighted by Crippen LogP contribution is -2.47. The van der Waals surface area contributed by atoms with E-state index in [1.165, 1.54) is 32.1 Å². The Hall–Kier alpha value is -0.320. The van der Waals surface area contributed by atoms with Crippen LogP contribution in [0.4, 0.5) is 0 Å². The number of halogens is 1. The van der Waals surface area contributed by atoms with Gasteiger partial charge in [0.05, 0.1) is 13.2 Å². The Morgan fingerprint density at radius 3 is 2.63 bits per heavy atom. The fourth-order valence-corrected chi connectivity index (χ4v) is 3.11. The zero-order valence-corrected chi connectivity index (χ0v) is 12.7. The van der Waals surface area contributed by atoms with E-state index in [0.717, 1.165) is 19.7 Å². The zero-order valence-electron chi connectivity index (χ0n) is 11.9. The summed E-state index contributed by atoms with van der Waals surface area (Å²) >= 11 is 0. The van der Waals surface area contributed by atoms with E-state index >= 15 is 0 Å². The molecule has 112 valence electrons. The second kappa shape index (κ2) is 8.77. The number of amides is 1. The Morgan fingerprint density at radius 1 is 1.32 bits per heavy atom. The van der Waals surface area contributed by atoms with E-state index in [9.17, 15) is 4.79 Å². The maximum Gasteiger partial charge on any atom is 0.224 e. The van der Waals surface area contributed by atoms with Gasteiger partial charge in [-0.1, -0.05) is 19.3 Å². The maximum absolute atomic E-state index is 12.4. The second-order valence-electron chi connectivity index (χ2n) is 5.40. The highest BCUT2D eigenvalue weighted by atomic mass is 35.5. The largest absolute Gasteiger partial charge is 0.378 e. The van der Waals surface area contributed by atoms with Crippen LogP contribution in [0.25, 0.3) is 0 Å². The van der Waals surface area contributed by atoms with Crippen molar-refractivity contribution in [2.45, 2.75) is 57.5 Å². The molecule has 2 aliphatic rings. The smallest absolute Gasteiger partial charge is 0.224 e. The van der Waals surface area contributed by atoms with E-state index in [2.05, 4.69) is 17.1 Å². The van der Waals surface area contributed by atoms with Crippen molar-refractivity contribution in [3.8, 4) is 0 Å². The minimum atomic E-state index is 0. The molecule has 0 aromatic carbocycles. The number of nitrogens with zero attached hydrogens (tertiary/aromatic N) is 1. The lowest BCUT2D eigenvalue weighted by Gasteiger charge is -2.35. The standard InChI is InChI=1S/C14H26N2O2.ClH/c1-2-16(13-6-4-3-5-7-13)14(17)10-12-11-18-9-8-15-12;/h12-13,15H,2-11H2,1H3;1H. The van der Waals surface area contributed by atoms with Crippen LogP contribution < -0.4 is 5.32 Å². The topological polar surface area (TPSA) is 41.6 Å². The highest BCUT2D eigenvalue weighted by molar-refractivity contribution is 5.85. The van der Waals surface area contributed by atoms with Gasteiger partial charge >= 0.3 is 0 Å². The van der Waals surface area contributed by atoms with Gasteiger partial charge in [-0.3, -0.25) is 4.79 Å². The first kappa shape index (κ1) is 16.7. The van der Waals surface area contributed by atoms with Gasteiger partial charge in [-0.15, -0.1) is 12.4 Å². The Bertz CT molecular complexity index is 264. The molecule has 1 saturated carbocycles.